The van der Waals surface area contributed by atoms with E-state index in [2.05, 4.69) is 27.0 Å². The quantitative estimate of drug-likeness (QED) is 0.307. The minimum Gasteiger partial charge on any atom is -0.394 e. The van der Waals surface area contributed by atoms with Crippen LogP contribution in [-0.4, -0.2) is 35.0 Å². The lowest BCUT2D eigenvalue weighted by molar-refractivity contribution is 0.144. The molecule has 0 aromatic rings. The molecule has 0 atom stereocenters. The highest BCUT2D eigenvalue weighted by atomic mass is 28.4. The minimum atomic E-state index is -1.97. The molecule has 0 rings (SSSR count). The summed E-state index contributed by atoms with van der Waals surface area (Å²) < 4.78 is 17.4. The Hall–Kier alpha value is -0.163. The van der Waals surface area contributed by atoms with E-state index in [4.69, 9.17) is 13.6 Å². The molecule has 0 bridgehead atoms. The number of rotatable bonds is 12. The summed E-state index contributed by atoms with van der Waals surface area (Å²) in [4.78, 5) is 0. The molecule has 0 saturated carbocycles. The van der Waals surface area contributed by atoms with Crippen molar-refractivity contribution in [3.05, 3.63) is 12.2 Å². The van der Waals surface area contributed by atoms with Crippen molar-refractivity contribution in [2.75, 3.05) is 26.4 Å². The number of hydrogen-bond donors (Lipinski definition) is 0. The Morgan fingerprint density at radius 3 is 2.06 bits per heavy atom. The van der Waals surface area contributed by atoms with Crippen LogP contribution in [0.25, 0.3) is 0 Å². The molecule has 0 heterocycles. The molecule has 0 spiro atoms. The zero-order valence-corrected chi connectivity index (χ0v) is 13.6. The van der Waals surface area contributed by atoms with E-state index in [1.165, 1.54) is 0 Å². The zero-order chi connectivity index (χ0) is 13.9. The molecule has 0 aromatic carbocycles. The lowest BCUT2D eigenvalue weighted by atomic mass is 10.4. The molecule has 18 heavy (non-hydrogen) atoms. The van der Waals surface area contributed by atoms with E-state index >= 15 is 0 Å². The summed E-state index contributed by atoms with van der Waals surface area (Å²) >= 11 is 0. The van der Waals surface area contributed by atoms with Crippen molar-refractivity contribution in [2.24, 2.45) is 0 Å². The molecule has 0 aromatic heterocycles. The van der Waals surface area contributed by atoms with E-state index < -0.39 is 8.56 Å². The van der Waals surface area contributed by atoms with E-state index in [1.54, 1.807) is 0 Å². The van der Waals surface area contributed by atoms with Crippen LogP contribution in [0.2, 0.25) is 12.6 Å². The van der Waals surface area contributed by atoms with E-state index in [0.717, 1.165) is 50.7 Å². The maximum atomic E-state index is 5.95. The highest BCUT2D eigenvalue weighted by Crippen LogP contribution is 2.17. The molecule has 3 nitrogen and oxygen atoms in total. The van der Waals surface area contributed by atoms with Gasteiger partial charge in [-0.05, 0) is 38.8 Å². The Morgan fingerprint density at radius 1 is 1.06 bits per heavy atom. The Bertz CT molecular complexity index is 211. The van der Waals surface area contributed by atoms with Crippen molar-refractivity contribution in [3.63, 3.8) is 0 Å². The second kappa shape index (κ2) is 10.7. The molecule has 0 saturated heterocycles. The molecule has 0 aliphatic heterocycles. The normalized spacial score (nSPS) is 11.8. The highest BCUT2D eigenvalue weighted by Gasteiger charge is 2.30. The minimum absolute atomic E-state index is 0.657. The summed E-state index contributed by atoms with van der Waals surface area (Å²) in [7, 11) is -1.97. The van der Waals surface area contributed by atoms with E-state index in [0.29, 0.717) is 6.61 Å². The monoisotopic (exact) mass is 274 g/mol. The maximum absolute atomic E-state index is 5.95. The van der Waals surface area contributed by atoms with Crippen LogP contribution in [0.15, 0.2) is 12.2 Å². The van der Waals surface area contributed by atoms with Gasteiger partial charge in [0.1, 0.15) is 0 Å². The van der Waals surface area contributed by atoms with E-state index in [-0.39, 0.29) is 0 Å². The van der Waals surface area contributed by atoms with Gasteiger partial charge >= 0.3 is 8.56 Å². The van der Waals surface area contributed by atoms with Crippen LogP contribution in [-0.2, 0) is 13.6 Å². The van der Waals surface area contributed by atoms with Gasteiger partial charge in [-0.15, -0.1) is 0 Å². The standard InChI is InChI=1S/C14H30O3Si/c1-6-9-16-18(5,17-10-7-2)12-8-11-15-13-14(3)4/h3,6-13H2,1-2,4-5H3. The Kier molecular flexibility index (Phi) is 10.6. The average Bonchev–Trinajstić information content (AvgIpc) is 2.33. The summed E-state index contributed by atoms with van der Waals surface area (Å²) in [6.07, 6.45) is 3.10. The maximum Gasteiger partial charge on any atom is 0.335 e. The largest absolute Gasteiger partial charge is 0.394 e. The first-order valence-corrected chi connectivity index (χ1v) is 9.56. The third kappa shape index (κ3) is 9.83. The Balaban J connectivity index is 3.87. The SMILES string of the molecule is C=C(C)COCCC[Si](C)(OCCC)OCCC. The van der Waals surface area contributed by atoms with Gasteiger partial charge in [-0.2, -0.15) is 0 Å². The predicted octanol–water partition coefficient (Wildman–Crippen LogP) is 3.89. The van der Waals surface area contributed by atoms with Crippen LogP contribution < -0.4 is 0 Å². The highest BCUT2D eigenvalue weighted by molar-refractivity contribution is 6.66. The third-order valence-electron chi connectivity index (χ3n) is 2.49. The van der Waals surface area contributed by atoms with E-state index in [1.807, 2.05) is 6.92 Å². The van der Waals surface area contributed by atoms with Crippen molar-refractivity contribution in [1.82, 2.24) is 0 Å². The van der Waals surface area contributed by atoms with Crippen molar-refractivity contribution in [3.8, 4) is 0 Å². The van der Waals surface area contributed by atoms with Gasteiger partial charge in [0, 0.05) is 19.8 Å². The Labute approximate surface area is 114 Å². The Morgan fingerprint density at radius 2 is 1.61 bits per heavy atom. The van der Waals surface area contributed by atoms with Gasteiger partial charge in [-0.25, -0.2) is 0 Å². The molecular weight excluding hydrogens is 244 g/mol. The summed E-state index contributed by atoms with van der Waals surface area (Å²) in [6.45, 7) is 15.2. The molecule has 0 fully saturated rings. The molecule has 0 unspecified atom stereocenters. The number of hydrogen-bond acceptors (Lipinski definition) is 3. The van der Waals surface area contributed by atoms with Gasteiger partial charge in [-0.3, -0.25) is 0 Å². The van der Waals surface area contributed by atoms with Crippen LogP contribution in [0, 0.1) is 0 Å². The van der Waals surface area contributed by atoms with Crippen LogP contribution in [0.3, 0.4) is 0 Å². The fraction of sp³-hybridized carbons (Fsp3) is 0.857. The first-order valence-electron chi connectivity index (χ1n) is 7.04. The molecule has 4 heteroatoms. The topological polar surface area (TPSA) is 27.7 Å². The van der Waals surface area contributed by atoms with Gasteiger partial charge in [0.15, 0.2) is 0 Å². The predicted molar refractivity (Wildman–Crippen MR) is 79.2 cm³/mol. The van der Waals surface area contributed by atoms with Crippen molar-refractivity contribution in [2.45, 2.75) is 52.6 Å². The summed E-state index contributed by atoms with van der Waals surface area (Å²) in [5.41, 5.74) is 1.07. The van der Waals surface area contributed by atoms with Crippen LogP contribution >= 0.6 is 0 Å². The van der Waals surface area contributed by atoms with Gasteiger partial charge < -0.3 is 13.6 Å². The third-order valence-corrected chi connectivity index (χ3v) is 5.38. The van der Waals surface area contributed by atoms with Gasteiger partial charge in [0.05, 0.1) is 6.61 Å². The molecule has 108 valence electrons. The van der Waals surface area contributed by atoms with Gasteiger partial charge in [0.25, 0.3) is 0 Å². The fourth-order valence-corrected chi connectivity index (χ4v) is 3.99. The van der Waals surface area contributed by atoms with E-state index in [9.17, 15) is 0 Å². The summed E-state index contributed by atoms with van der Waals surface area (Å²) in [5, 5.41) is 0. The van der Waals surface area contributed by atoms with Gasteiger partial charge in [-0.1, -0.05) is 26.0 Å². The molecule has 0 N–H and O–H groups in total. The molecule has 0 radical (unpaired) electrons. The summed E-state index contributed by atoms with van der Waals surface area (Å²) in [6, 6.07) is 1.00. The average molecular weight is 274 g/mol. The van der Waals surface area contributed by atoms with Crippen molar-refractivity contribution in [1.29, 1.82) is 0 Å². The molecule has 0 amide bonds. The van der Waals surface area contributed by atoms with Crippen LogP contribution in [0.4, 0.5) is 0 Å². The molecular formula is C14H30O3Si. The fourth-order valence-electron chi connectivity index (χ4n) is 1.56. The lowest BCUT2D eigenvalue weighted by Gasteiger charge is -2.26. The van der Waals surface area contributed by atoms with Crippen LogP contribution in [0.5, 0.6) is 0 Å². The van der Waals surface area contributed by atoms with Crippen molar-refractivity contribution < 1.29 is 13.6 Å². The summed E-state index contributed by atoms with van der Waals surface area (Å²) in [5.74, 6) is 0. The van der Waals surface area contributed by atoms with Crippen molar-refractivity contribution >= 4 is 8.56 Å². The lowest BCUT2D eigenvalue weighted by Crippen LogP contribution is -2.39. The first kappa shape index (κ1) is 17.8. The molecule has 0 aliphatic carbocycles. The second-order valence-electron chi connectivity index (χ2n) is 4.94. The second-order valence-corrected chi connectivity index (χ2v) is 8.29. The smallest absolute Gasteiger partial charge is 0.335 e. The number of ether oxygens (including phenoxy) is 1. The zero-order valence-electron chi connectivity index (χ0n) is 12.6. The first-order chi connectivity index (χ1) is 8.54. The van der Waals surface area contributed by atoms with Crippen LogP contribution in [0.1, 0.15) is 40.0 Å². The molecule has 0 aliphatic rings. The van der Waals surface area contributed by atoms with Gasteiger partial charge in [0.2, 0.25) is 0 Å².